The standard InChI is InChI=1S/C9H13N3O/c10-9(13)12-11-8-4-1-2-5-6(3-4)7(5)8/h4-7H,1-3H2,(H3,10,12,13)/b11-8-. The first kappa shape index (κ1) is 7.35. The van der Waals surface area contributed by atoms with Crippen LogP contribution in [0.1, 0.15) is 19.3 Å². The third-order valence-electron chi connectivity index (χ3n) is 3.79. The molecule has 2 amide bonds. The highest BCUT2D eigenvalue weighted by Crippen LogP contribution is 2.64. The summed E-state index contributed by atoms with van der Waals surface area (Å²) in [7, 11) is 0. The maximum Gasteiger partial charge on any atom is 0.332 e. The van der Waals surface area contributed by atoms with Gasteiger partial charge >= 0.3 is 6.03 Å². The molecule has 70 valence electrons. The normalized spacial score (nSPS) is 47.8. The number of hydrogen-bond acceptors (Lipinski definition) is 2. The van der Waals surface area contributed by atoms with Gasteiger partial charge in [-0.2, -0.15) is 5.10 Å². The molecule has 4 bridgehead atoms. The van der Waals surface area contributed by atoms with Gasteiger partial charge in [-0.25, -0.2) is 10.2 Å². The number of rotatable bonds is 1. The highest BCUT2D eigenvalue weighted by atomic mass is 16.2. The number of primary amides is 1. The van der Waals surface area contributed by atoms with Gasteiger partial charge in [0.05, 0.1) is 0 Å². The molecular weight excluding hydrogens is 166 g/mol. The zero-order chi connectivity index (χ0) is 9.00. The van der Waals surface area contributed by atoms with E-state index in [9.17, 15) is 4.79 Å². The molecule has 0 aromatic heterocycles. The molecule has 0 heterocycles. The molecule has 4 nitrogen and oxygen atoms in total. The molecule has 4 unspecified atom stereocenters. The number of amides is 2. The Hall–Kier alpha value is -1.06. The Labute approximate surface area is 76.6 Å². The van der Waals surface area contributed by atoms with E-state index in [4.69, 9.17) is 5.73 Å². The topological polar surface area (TPSA) is 67.5 Å². The summed E-state index contributed by atoms with van der Waals surface area (Å²) in [5.74, 6) is 3.13. The molecule has 4 fully saturated rings. The van der Waals surface area contributed by atoms with E-state index >= 15 is 0 Å². The molecule has 0 aromatic rings. The third kappa shape index (κ3) is 0.913. The smallest absolute Gasteiger partial charge is 0.332 e. The molecule has 4 aliphatic rings. The summed E-state index contributed by atoms with van der Waals surface area (Å²) in [6.45, 7) is 0. The lowest BCUT2D eigenvalue weighted by molar-refractivity contribution is 0.249. The Balaban J connectivity index is 1.78. The van der Waals surface area contributed by atoms with E-state index in [0.29, 0.717) is 11.8 Å². The number of urea groups is 1. The predicted molar refractivity (Wildman–Crippen MR) is 48.0 cm³/mol. The second-order valence-electron chi connectivity index (χ2n) is 4.38. The van der Waals surface area contributed by atoms with Gasteiger partial charge in [0.25, 0.3) is 0 Å². The number of fused-ring (bicyclic) bond motifs is 1. The minimum Gasteiger partial charge on any atom is -0.350 e. The van der Waals surface area contributed by atoms with Gasteiger partial charge in [-0.1, -0.05) is 0 Å². The fourth-order valence-electron chi connectivity index (χ4n) is 3.26. The van der Waals surface area contributed by atoms with Crippen LogP contribution >= 0.6 is 0 Å². The Kier molecular flexibility index (Phi) is 1.27. The van der Waals surface area contributed by atoms with Crippen LogP contribution in [0.2, 0.25) is 0 Å². The van der Waals surface area contributed by atoms with Crippen molar-refractivity contribution in [3.63, 3.8) is 0 Å². The van der Waals surface area contributed by atoms with Crippen LogP contribution in [0, 0.1) is 23.7 Å². The van der Waals surface area contributed by atoms with Crippen LogP contribution in [-0.4, -0.2) is 11.7 Å². The minimum absolute atomic E-state index is 0.549. The summed E-state index contributed by atoms with van der Waals surface area (Å²) in [5.41, 5.74) is 8.55. The average molecular weight is 179 g/mol. The molecule has 0 radical (unpaired) electrons. The fourth-order valence-corrected chi connectivity index (χ4v) is 3.26. The van der Waals surface area contributed by atoms with Gasteiger partial charge in [-0.15, -0.1) is 0 Å². The highest BCUT2D eigenvalue weighted by molar-refractivity contribution is 5.95. The Morgan fingerprint density at radius 2 is 2.31 bits per heavy atom. The van der Waals surface area contributed by atoms with Crippen LogP contribution in [0.4, 0.5) is 4.79 Å². The van der Waals surface area contributed by atoms with Gasteiger partial charge in [-0.05, 0) is 37.0 Å². The Bertz CT molecular complexity index is 291. The highest BCUT2D eigenvalue weighted by Gasteiger charge is 2.62. The summed E-state index contributed by atoms with van der Waals surface area (Å²) < 4.78 is 0. The second kappa shape index (κ2) is 2.25. The lowest BCUT2D eigenvalue weighted by atomic mass is 9.84. The van der Waals surface area contributed by atoms with Crippen LogP contribution in [0.5, 0.6) is 0 Å². The summed E-state index contributed by atoms with van der Waals surface area (Å²) in [6.07, 6.45) is 3.93. The molecule has 4 aliphatic carbocycles. The van der Waals surface area contributed by atoms with Crippen LogP contribution < -0.4 is 11.2 Å². The first-order valence-corrected chi connectivity index (χ1v) is 4.90. The van der Waals surface area contributed by atoms with Crippen LogP contribution in [0.15, 0.2) is 5.10 Å². The van der Waals surface area contributed by atoms with Crippen molar-refractivity contribution in [3.8, 4) is 0 Å². The summed E-state index contributed by atoms with van der Waals surface area (Å²) >= 11 is 0. The molecular formula is C9H13N3O. The maximum atomic E-state index is 10.5. The van der Waals surface area contributed by atoms with Gasteiger partial charge in [0.15, 0.2) is 0 Å². The van der Waals surface area contributed by atoms with Crippen molar-refractivity contribution in [1.29, 1.82) is 0 Å². The molecule has 0 aromatic carbocycles. The lowest BCUT2D eigenvalue weighted by Gasteiger charge is -2.22. The average Bonchev–Trinajstić information content (AvgIpc) is 2.73. The van der Waals surface area contributed by atoms with Crippen molar-refractivity contribution in [2.45, 2.75) is 19.3 Å². The molecule has 0 spiro atoms. The molecule has 4 rings (SSSR count). The first-order valence-electron chi connectivity index (χ1n) is 4.90. The van der Waals surface area contributed by atoms with E-state index in [1.165, 1.54) is 25.0 Å². The molecule has 0 aliphatic heterocycles. The Morgan fingerprint density at radius 3 is 2.85 bits per heavy atom. The summed E-state index contributed by atoms with van der Waals surface area (Å²) in [4.78, 5) is 10.5. The largest absolute Gasteiger partial charge is 0.350 e. The van der Waals surface area contributed by atoms with Crippen molar-refractivity contribution in [2.24, 2.45) is 34.5 Å². The Morgan fingerprint density at radius 1 is 1.46 bits per heavy atom. The van der Waals surface area contributed by atoms with Crippen LogP contribution in [-0.2, 0) is 0 Å². The summed E-state index contributed by atoms with van der Waals surface area (Å²) in [5, 5.41) is 4.12. The van der Waals surface area contributed by atoms with Crippen molar-refractivity contribution < 1.29 is 4.79 Å². The molecule has 3 N–H and O–H groups in total. The number of hydrazone groups is 1. The monoisotopic (exact) mass is 179 g/mol. The SMILES string of the molecule is NC(=O)N/N=C1/C2CCC3C(C2)C13. The van der Waals surface area contributed by atoms with Gasteiger partial charge in [-0.3, -0.25) is 0 Å². The zero-order valence-electron chi connectivity index (χ0n) is 7.36. The second-order valence-corrected chi connectivity index (χ2v) is 4.38. The number of nitrogens with two attached hydrogens (primary N) is 1. The van der Waals surface area contributed by atoms with Gasteiger partial charge in [0, 0.05) is 11.6 Å². The van der Waals surface area contributed by atoms with E-state index < -0.39 is 6.03 Å². The fraction of sp³-hybridized carbons (Fsp3) is 0.778. The van der Waals surface area contributed by atoms with E-state index in [2.05, 4.69) is 10.5 Å². The van der Waals surface area contributed by atoms with E-state index in [1.54, 1.807) is 0 Å². The minimum atomic E-state index is -0.549. The lowest BCUT2D eigenvalue weighted by Crippen LogP contribution is -2.29. The van der Waals surface area contributed by atoms with Crippen molar-refractivity contribution in [1.82, 2.24) is 5.43 Å². The maximum absolute atomic E-state index is 10.5. The zero-order valence-corrected chi connectivity index (χ0v) is 7.36. The van der Waals surface area contributed by atoms with Gasteiger partial charge in [0.1, 0.15) is 0 Å². The quantitative estimate of drug-likeness (QED) is 0.571. The van der Waals surface area contributed by atoms with Crippen molar-refractivity contribution in [2.75, 3.05) is 0 Å². The van der Waals surface area contributed by atoms with Crippen LogP contribution in [0.25, 0.3) is 0 Å². The van der Waals surface area contributed by atoms with Crippen LogP contribution in [0.3, 0.4) is 0 Å². The van der Waals surface area contributed by atoms with Gasteiger partial charge in [0.2, 0.25) is 0 Å². The van der Waals surface area contributed by atoms with E-state index in [0.717, 1.165) is 11.8 Å². The number of carbonyl (C=O) groups excluding carboxylic acids is 1. The number of nitrogens with one attached hydrogen (secondary N) is 1. The van der Waals surface area contributed by atoms with E-state index in [1.807, 2.05) is 0 Å². The molecule has 13 heavy (non-hydrogen) atoms. The number of carbonyl (C=O) groups is 1. The first-order chi connectivity index (χ1) is 6.27. The van der Waals surface area contributed by atoms with Crippen molar-refractivity contribution in [3.05, 3.63) is 0 Å². The van der Waals surface area contributed by atoms with Gasteiger partial charge < -0.3 is 5.73 Å². The number of hydrogen-bond donors (Lipinski definition) is 2. The third-order valence-corrected chi connectivity index (χ3v) is 3.79. The number of nitrogens with zero attached hydrogens (tertiary/aromatic N) is 1. The molecule has 4 heteroatoms. The van der Waals surface area contributed by atoms with Crippen molar-refractivity contribution >= 4 is 11.7 Å². The van der Waals surface area contributed by atoms with E-state index in [-0.39, 0.29) is 0 Å². The molecule has 4 saturated carbocycles. The predicted octanol–water partition coefficient (Wildman–Crippen LogP) is 0.687. The molecule has 4 atom stereocenters. The molecule has 0 saturated heterocycles. The summed E-state index contributed by atoms with van der Waals surface area (Å²) in [6, 6.07) is -0.549.